The zero-order chi connectivity index (χ0) is 11.4. The normalized spacial score (nSPS) is 19.8. The van der Waals surface area contributed by atoms with E-state index < -0.39 is 0 Å². The number of nitrogens with one attached hydrogen (secondary N) is 1. The molecule has 88 valence electrons. The molecule has 1 aromatic rings. The highest BCUT2D eigenvalue weighted by atomic mass is 16.5. The summed E-state index contributed by atoms with van der Waals surface area (Å²) in [5.41, 5.74) is 8.11. The van der Waals surface area contributed by atoms with Crippen molar-refractivity contribution in [1.29, 1.82) is 0 Å². The minimum atomic E-state index is 0.390. The molecule has 3 heteroatoms. The van der Waals surface area contributed by atoms with Crippen molar-refractivity contribution in [1.82, 2.24) is 5.32 Å². The van der Waals surface area contributed by atoms with E-state index in [1.165, 1.54) is 11.1 Å². The maximum absolute atomic E-state index is 5.74. The minimum Gasteiger partial charge on any atom is -0.493 e. The standard InChI is InChI=1S/C13H20N2O/c1-10-4-5-13-11(9-10)12(15-7-6-14)3-2-8-16-13/h4-5,9,12,15H,2-3,6-8,14H2,1H3. The Hall–Kier alpha value is -1.06. The number of aryl methyl sites for hydroxylation is 1. The summed E-state index contributed by atoms with van der Waals surface area (Å²) in [6, 6.07) is 6.78. The van der Waals surface area contributed by atoms with E-state index in [4.69, 9.17) is 10.5 Å². The second-order valence-electron chi connectivity index (χ2n) is 4.33. The van der Waals surface area contributed by atoms with Crippen molar-refractivity contribution in [2.75, 3.05) is 19.7 Å². The van der Waals surface area contributed by atoms with Gasteiger partial charge in [-0.15, -0.1) is 0 Å². The molecule has 0 spiro atoms. The van der Waals surface area contributed by atoms with Crippen molar-refractivity contribution < 1.29 is 4.74 Å². The molecular weight excluding hydrogens is 200 g/mol. The van der Waals surface area contributed by atoms with Crippen LogP contribution in [0, 0.1) is 6.92 Å². The number of hydrogen-bond donors (Lipinski definition) is 2. The zero-order valence-electron chi connectivity index (χ0n) is 9.83. The van der Waals surface area contributed by atoms with E-state index in [1.807, 2.05) is 0 Å². The predicted molar refractivity (Wildman–Crippen MR) is 65.7 cm³/mol. The Morgan fingerprint density at radius 3 is 3.19 bits per heavy atom. The molecule has 0 fully saturated rings. The lowest BCUT2D eigenvalue weighted by Crippen LogP contribution is -2.27. The number of hydrogen-bond acceptors (Lipinski definition) is 3. The highest BCUT2D eigenvalue weighted by Crippen LogP contribution is 2.31. The molecule has 0 amide bonds. The van der Waals surface area contributed by atoms with Crippen molar-refractivity contribution in [3.63, 3.8) is 0 Å². The van der Waals surface area contributed by atoms with Crippen LogP contribution in [0.4, 0.5) is 0 Å². The Balaban J connectivity index is 2.24. The van der Waals surface area contributed by atoms with Gasteiger partial charge >= 0.3 is 0 Å². The molecule has 1 heterocycles. The molecule has 3 N–H and O–H groups in total. The summed E-state index contributed by atoms with van der Waals surface area (Å²) in [4.78, 5) is 0. The zero-order valence-corrected chi connectivity index (χ0v) is 9.83. The summed E-state index contributed by atoms with van der Waals surface area (Å²) >= 11 is 0. The highest BCUT2D eigenvalue weighted by Gasteiger charge is 2.18. The van der Waals surface area contributed by atoms with Gasteiger partial charge < -0.3 is 15.8 Å². The molecule has 0 radical (unpaired) electrons. The van der Waals surface area contributed by atoms with Gasteiger partial charge in [-0.05, 0) is 25.8 Å². The van der Waals surface area contributed by atoms with E-state index in [0.29, 0.717) is 12.6 Å². The molecule has 0 aromatic heterocycles. The molecule has 1 aliphatic rings. The second kappa shape index (κ2) is 5.32. The smallest absolute Gasteiger partial charge is 0.124 e. The quantitative estimate of drug-likeness (QED) is 0.816. The van der Waals surface area contributed by atoms with Crippen LogP contribution in [0.5, 0.6) is 5.75 Å². The molecule has 0 saturated heterocycles. The van der Waals surface area contributed by atoms with Crippen LogP contribution in [0.1, 0.15) is 30.0 Å². The SMILES string of the molecule is Cc1ccc2c(c1)C(NCCN)CCCO2. The lowest BCUT2D eigenvalue weighted by atomic mass is 10.00. The van der Waals surface area contributed by atoms with Crippen molar-refractivity contribution >= 4 is 0 Å². The van der Waals surface area contributed by atoms with Crippen molar-refractivity contribution in [3.8, 4) is 5.75 Å². The van der Waals surface area contributed by atoms with Gasteiger partial charge in [0.1, 0.15) is 5.75 Å². The molecule has 0 bridgehead atoms. The Bertz CT molecular complexity index is 352. The first kappa shape index (κ1) is 11.4. The van der Waals surface area contributed by atoms with Crippen molar-refractivity contribution in [3.05, 3.63) is 29.3 Å². The molecule has 1 aliphatic heterocycles. The van der Waals surface area contributed by atoms with Crippen LogP contribution in [-0.4, -0.2) is 19.7 Å². The van der Waals surface area contributed by atoms with Crippen LogP contribution in [0.25, 0.3) is 0 Å². The third-order valence-electron chi connectivity index (χ3n) is 2.97. The Morgan fingerprint density at radius 1 is 1.50 bits per heavy atom. The maximum Gasteiger partial charge on any atom is 0.124 e. The average molecular weight is 220 g/mol. The van der Waals surface area contributed by atoms with Gasteiger partial charge in [-0.25, -0.2) is 0 Å². The van der Waals surface area contributed by atoms with E-state index in [2.05, 4.69) is 30.4 Å². The monoisotopic (exact) mass is 220 g/mol. The van der Waals surface area contributed by atoms with E-state index in [1.54, 1.807) is 0 Å². The summed E-state index contributed by atoms with van der Waals surface area (Å²) in [6.45, 7) is 4.47. The van der Waals surface area contributed by atoms with Gasteiger partial charge in [0.2, 0.25) is 0 Å². The van der Waals surface area contributed by atoms with E-state index in [9.17, 15) is 0 Å². The second-order valence-corrected chi connectivity index (χ2v) is 4.33. The maximum atomic E-state index is 5.74. The number of ether oxygens (including phenoxy) is 1. The summed E-state index contributed by atoms with van der Waals surface area (Å²) < 4.78 is 5.74. The minimum absolute atomic E-state index is 0.390. The number of rotatable bonds is 3. The molecule has 1 aromatic carbocycles. The van der Waals surface area contributed by atoms with Gasteiger partial charge in [0.05, 0.1) is 6.61 Å². The summed E-state index contributed by atoms with van der Waals surface area (Å²) in [5.74, 6) is 1.03. The lowest BCUT2D eigenvalue weighted by Gasteiger charge is -2.18. The van der Waals surface area contributed by atoms with Gasteiger partial charge in [0, 0.05) is 24.7 Å². The fourth-order valence-electron chi connectivity index (χ4n) is 2.17. The fourth-order valence-corrected chi connectivity index (χ4v) is 2.17. The first-order chi connectivity index (χ1) is 7.81. The Labute approximate surface area is 97.0 Å². The molecular formula is C13H20N2O. The first-order valence-electron chi connectivity index (χ1n) is 5.98. The number of nitrogens with two attached hydrogens (primary N) is 1. The van der Waals surface area contributed by atoms with Crippen LogP contribution in [-0.2, 0) is 0 Å². The van der Waals surface area contributed by atoms with Crippen LogP contribution in [0.15, 0.2) is 18.2 Å². The molecule has 1 unspecified atom stereocenters. The third-order valence-corrected chi connectivity index (χ3v) is 2.97. The highest BCUT2D eigenvalue weighted by molar-refractivity contribution is 5.39. The summed E-state index contributed by atoms with van der Waals surface area (Å²) in [7, 11) is 0. The van der Waals surface area contributed by atoms with Crippen molar-refractivity contribution in [2.24, 2.45) is 5.73 Å². The van der Waals surface area contributed by atoms with E-state index in [0.717, 1.165) is 31.7 Å². The fraction of sp³-hybridized carbons (Fsp3) is 0.538. The largest absolute Gasteiger partial charge is 0.493 e. The topological polar surface area (TPSA) is 47.3 Å². The van der Waals surface area contributed by atoms with Crippen LogP contribution in [0.3, 0.4) is 0 Å². The molecule has 0 aliphatic carbocycles. The van der Waals surface area contributed by atoms with E-state index in [-0.39, 0.29) is 0 Å². The first-order valence-corrected chi connectivity index (χ1v) is 5.98. The lowest BCUT2D eigenvalue weighted by molar-refractivity contribution is 0.315. The number of fused-ring (bicyclic) bond motifs is 1. The van der Waals surface area contributed by atoms with Gasteiger partial charge in [0.25, 0.3) is 0 Å². The van der Waals surface area contributed by atoms with Crippen LogP contribution < -0.4 is 15.8 Å². The summed E-state index contributed by atoms with van der Waals surface area (Å²) in [6.07, 6.45) is 2.21. The van der Waals surface area contributed by atoms with Crippen LogP contribution in [0.2, 0.25) is 0 Å². The molecule has 1 atom stereocenters. The van der Waals surface area contributed by atoms with Gasteiger partial charge in [-0.2, -0.15) is 0 Å². The van der Waals surface area contributed by atoms with Gasteiger partial charge in [-0.3, -0.25) is 0 Å². The Morgan fingerprint density at radius 2 is 2.38 bits per heavy atom. The molecule has 3 nitrogen and oxygen atoms in total. The van der Waals surface area contributed by atoms with Gasteiger partial charge in [-0.1, -0.05) is 17.7 Å². The molecule has 0 saturated carbocycles. The number of benzene rings is 1. The van der Waals surface area contributed by atoms with E-state index >= 15 is 0 Å². The molecule has 2 rings (SSSR count). The Kier molecular flexibility index (Phi) is 3.80. The average Bonchev–Trinajstić information content (AvgIpc) is 2.48. The van der Waals surface area contributed by atoms with Crippen LogP contribution >= 0.6 is 0 Å². The summed E-state index contributed by atoms with van der Waals surface area (Å²) in [5, 5.41) is 3.49. The molecule has 16 heavy (non-hydrogen) atoms. The van der Waals surface area contributed by atoms with Crippen molar-refractivity contribution in [2.45, 2.75) is 25.8 Å². The third kappa shape index (κ3) is 2.54. The van der Waals surface area contributed by atoms with Gasteiger partial charge in [0.15, 0.2) is 0 Å². The predicted octanol–water partition coefficient (Wildman–Crippen LogP) is 1.76.